The Morgan fingerprint density at radius 2 is 1.65 bits per heavy atom. The molecule has 20 heavy (non-hydrogen) atoms. The second-order valence-electron chi connectivity index (χ2n) is 5.37. The number of anilines is 1. The van der Waals surface area contributed by atoms with Crippen molar-refractivity contribution in [3.05, 3.63) is 65.2 Å². The van der Waals surface area contributed by atoms with Gasteiger partial charge in [0, 0.05) is 11.7 Å². The normalized spacial score (nSPS) is 12.2. The predicted octanol–water partition coefficient (Wildman–Crippen LogP) is 5.37. The average Bonchev–Trinajstić information content (AvgIpc) is 2.49. The van der Waals surface area contributed by atoms with Crippen LogP contribution < -0.4 is 5.32 Å². The van der Waals surface area contributed by atoms with Crippen molar-refractivity contribution < 1.29 is 0 Å². The second-order valence-corrected chi connectivity index (χ2v) is 5.37. The Labute approximate surface area is 123 Å². The minimum atomic E-state index is 0.332. The maximum atomic E-state index is 3.65. The van der Waals surface area contributed by atoms with E-state index >= 15 is 0 Å². The summed E-state index contributed by atoms with van der Waals surface area (Å²) in [5.74, 6) is 0. The molecule has 1 N–H and O–H groups in total. The Kier molecular flexibility index (Phi) is 5.23. The van der Waals surface area contributed by atoms with Crippen LogP contribution in [-0.2, 0) is 12.8 Å². The molecule has 1 atom stereocenters. The lowest BCUT2D eigenvalue weighted by atomic mass is 10.0. The summed E-state index contributed by atoms with van der Waals surface area (Å²) in [5, 5.41) is 3.65. The Balaban J connectivity index is 2.12. The van der Waals surface area contributed by atoms with E-state index in [9.17, 15) is 0 Å². The molecule has 0 amide bonds. The van der Waals surface area contributed by atoms with Crippen LogP contribution in [0.2, 0.25) is 0 Å². The maximum absolute atomic E-state index is 3.65. The van der Waals surface area contributed by atoms with Crippen molar-refractivity contribution >= 4 is 5.69 Å². The predicted molar refractivity (Wildman–Crippen MR) is 88.3 cm³/mol. The van der Waals surface area contributed by atoms with Gasteiger partial charge < -0.3 is 5.32 Å². The molecule has 1 unspecified atom stereocenters. The summed E-state index contributed by atoms with van der Waals surface area (Å²) in [4.78, 5) is 0. The Morgan fingerprint density at radius 1 is 0.950 bits per heavy atom. The van der Waals surface area contributed by atoms with Crippen LogP contribution in [0.5, 0.6) is 0 Å². The number of para-hydroxylation sites is 1. The molecule has 2 aromatic rings. The zero-order valence-electron chi connectivity index (χ0n) is 12.8. The fourth-order valence-corrected chi connectivity index (χ4v) is 2.51. The van der Waals surface area contributed by atoms with Gasteiger partial charge in [0.1, 0.15) is 0 Å². The third-order valence-electron chi connectivity index (χ3n) is 3.80. The zero-order valence-corrected chi connectivity index (χ0v) is 12.8. The van der Waals surface area contributed by atoms with Crippen LogP contribution in [0.4, 0.5) is 5.69 Å². The number of benzene rings is 2. The van der Waals surface area contributed by atoms with Crippen molar-refractivity contribution in [2.45, 2.75) is 46.1 Å². The largest absolute Gasteiger partial charge is 0.378 e. The van der Waals surface area contributed by atoms with E-state index in [1.807, 2.05) is 0 Å². The first kappa shape index (κ1) is 14.6. The molecule has 0 saturated carbocycles. The third kappa shape index (κ3) is 3.63. The van der Waals surface area contributed by atoms with Crippen LogP contribution in [0.25, 0.3) is 0 Å². The van der Waals surface area contributed by atoms with Gasteiger partial charge >= 0.3 is 0 Å². The molecule has 1 heteroatoms. The molecular formula is C19H25N. The minimum Gasteiger partial charge on any atom is -0.378 e. The van der Waals surface area contributed by atoms with Crippen molar-refractivity contribution in [3.63, 3.8) is 0 Å². The molecule has 0 bridgehead atoms. The van der Waals surface area contributed by atoms with E-state index in [0.29, 0.717) is 6.04 Å². The lowest BCUT2D eigenvalue weighted by molar-refractivity contribution is 0.866. The molecular weight excluding hydrogens is 242 g/mol. The Bertz CT molecular complexity index is 528. The van der Waals surface area contributed by atoms with Gasteiger partial charge in [-0.05, 0) is 42.5 Å². The van der Waals surface area contributed by atoms with Crippen LogP contribution >= 0.6 is 0 Å². The maximum Gasteiger partial charge on any atom is 0.0485 e. The fourth-order valence-electron chi connectivity index (χ4n) is 2.51. The molecule has 0 saturated heterocycles. The molecule has 0 spiro atoms. The van der Waals surface area contributed by atoms with Gasteiger partial charge in [-0.15, -0.1) is 0 Å². The van der Waals surface area contributed by atoms with Crippen LogP contribution in [0.3, 0.4) is 0 Å². The molecule has 106 valence electrons. The highest BCUT2D eigenvalue weighted by atomic mass is 14.9. The molecule has 0 heterocycles. The number of rotatable bonds is 6. The van der Waals surface area contributed by atoms with Gasteiger partial charge in [0.05, 0.1) is 0 Å². The standard InChI is InChI=1S/C19H25N/c1-4-8-18-9-6-7-10-19(18)20-15(3)17-13-11-16(5-2)12-14-17/h6-7,9-15,20H,4-5,8H2,1-3H3. The summed E-state index contributed by atoms with van der Waals surface area (Å²) in [6, 6.07) is 17.9. The van der Waals surface area contributed by atoms with Crippen molar-refractivity contribution in [2.24, 2.45) is 0 Å². The van der Waals surface area contributed by atoms with Crippen molar-refractivity contribution in [3.8, 4) is 0 Å². The number of aryl methyl sites for hydroxylation is 2. The highest BCUT2D eigenvalue weighted by Crippen LogP contribution is 2.23. The number of nitrogens with one attached hydrogen (secondary N) is 1. The molecule has 0 aliphatic rings. The van der Waals surface area contributed by atoms with Crippen LogP contribution in [0, 0.1) is 0 Å². The summed E-state index contributed by atoms with van der Waals surface area (Å²) in [5.41, 5.74) is 5.41. The number of hydrogen-bond donors (Lipinski definition) is 1. The van der Waals surface area contributed by atoms with E-state index < -0.39 is 0 Å². The van der Waals surface area contributed by atoms with Gasteiger partial charge in [0.15, 0.2) is 0 Å². The molecule has 0 aliphatic carbocycles. The minimum absolute atomic E-state index is 0.332. The Hall–Kier alpha value is -1.76. The van der Waals surface area contributed by atoms with Crippen molar-refractivity contribution in [2.75, 3.05) is 5.32 Å². The van der Waals surface area contributed by atoms with Gasteiger partial charge in [-0.25, -0.2) is 0 Å². The molecule has 0 fully saturated rings. The highest BCUT2D eigenvalue weighted by Gasteiger charge is 2.07. The van der Waals surface area contributed by atoms with Crippen molar-refractivity contribution in [1.29, 1.82) is 0 Å². The first-order valence-corrected chi connectivity index (χ1v) is 7.67. The summed E-state index contributed by atoms with van der Waals surface area (Å²) in [6.45, 7) is 6.64. The smallest absolute Gasteiger partial charge is 0.0485 e. The fraction of sp³-hybridized carbons (Fsp3) is 0.368. The van der Waals surface area contributed by atoms with E-state index in [-0.39, 0.29) is 0 Å². The van der Waals surface area contributed by atoms with Crippen LogP contribution in [0.15, 0.2) is 48.5 Å². The van der Waals surface area contributed by atoms with Crippen LogP contribution in [-0.4, -0.2) is 0 Å². The molecule has 0 aromatic heterocycles. The SMILES string of the molecule is CCCc1ccccc1NC(C)c1ccc(CC)cc1. The molecule has 1 nitrogen and oxygen atoms in total. The first-order valence-electron chi connectivity index (χ1n) is 7.67. The third-order valence-corrected chi connectivity index (χ3v) is 3.80. The van der Waals surface area contributed by atoms with E-state index in [1.54, 1.807) is 0 Å². The quantitative estimate of drug-likeness (QED) is 0.741. The van der Waals surface area contributed by atoms with E-state index in [0.717, 1.165) is 12.8 Å². The summed E-state index contributed by atoms with van der Waals surface area (Å²) in [6.07, 6.45) is 3.41. The van der Waals surface area contributed by atoms with E-state index in [4.69, 9.17) is 0 Å². The summed E-state index contributed by atoms with van der Waals surface area (Å²) < 4.78 is 0. The molecule has 2 aromatic carbocycles. The molecule has 0 aliphatic heterocycles. The van der Waals surface area contributed by atoms with Gasteiger partial charge in [0.2, 0.25) is 0 Å². The summed E-state index contributed by atoms with van der Waals surface area (Å²) in [7, 11) is 0. The first-order chi connectivity index (χ1) is 9.74. The van der Waals surface area contributed by atoms with Crippen LogP contribution in [0.1, 0.15) is 49.9 Å². The second kappa shape index (κ2) is 7.14. The lowest BCUT2D eigenvalue weighted by Crippen LogP contribution is -2.08. The monoisotopic (exact) mass is 267 g/mol. The van der Waals surface area contributed by atoms with Gasteiger partial charge in [0.25, 0.3) is 0 Å². The molecule has 2 rings (SSSR count). The Morgan fingerprint density at radius 3 is 2.30 bits per heavy atom. The summed E-state index contributed by atoms with van der Waals surface area (Å²) >= 11 is 0. The van der Waals surface area contributed by atoms with Gasteiger partial charge in [-0.2, -0.15) is 0 Å². The topological polar surface area (TPSA) is 12.0 Å². The van der Waals surface area contributed by atoms with Gasteiger partial charge in [-0.3, -0.25) is 0 Å². The lowest BCUT2D eigenvalue weighted by Gasteiger charge is -2.18. The van der Waals surface area contributed by atoms with Crippen molar-refractivity contribution in [1.82, 2.24) is 0 Å². The highest BCUT2D eigenvalue weighted by molar-refractivity contribution is 5.52. The van der Waals surface area contributed by atoms with Gasteiger partial charge in [-0.1, -0.05) is 62.7 Å². The zero-order chi connectivity index (χ0) is 14.4. The number of hydrogen-bond acceptors (Lipinski definition) is 1. The van der Waals surface area contributed by atoms with E-state index in [1.165, 1.54) is 28.8 Å². The van der Waals surface area contributed by atoms with E-state index in [2.05, 4.69) is 74.6 Å². The molecule has 0 radical (unpaired) electrons. The average molecular weight is 267 g/mol.